The van der Waals surface area contributed by atoms with Crippen LogP contribution >= 0.6 is 0 Å². The molecule has 24 heavy (non-hydrogen) atoms. The number of hydrogen-bond acceptors (Lipinski definition) is 5. The van der Waals surface area contributed by atoms with E-state index in [0.29, 0.717) is 6.61 Å². The van der Waals surface area contributed by atoms with Crippen molar-refractivity contribution < 1.29 is 14.3 Å². The number of hydrogen-bond donors (Lipinski definition) is 0. The minimum atomic E-state index is -0.827. The van der Waals surface area contributed by atoms with Crippen LogP contribution in [0.15, 0.2) is 24.4 Å². The Hall–Kier alpha value is -1.93. The Labute approximate surface area is 143 Å². The van der Waals surface area contributed by atoms with Gasteiger partial charge in [0, 0.05) is 24.4 Å². The number of pyridine rings is 1. The third-order valence-corrected chi connectivity index (χ3v) is 5.54. The number of rotatable bonds is 4. The zero-order valence-corrected chi connectivity index (χ0v) is 14.1. The molecule has 0 N–H and O–H groups in total. The number of aromatic nitrogens is 1. The summed E-state index contributed by atoms with van der Waals surface area (Å²) >= 11 is 0. The molecule has 1 saturated carbocycles. The van der Waals surface area contributed by atoms with Crippen molar-refractivity contribution in [3.8, 4) is 6.07 Å². The van der Waals surface area contributed by atoms with Crippen LogP contribution in [0.5, 0.6) is 0 Å². The molecule has 5 nitrogen and oxygen atoms in total. The van der Waals surface area contributed by atoms with Crippen molar-refractivity contribution in [3.05, 3.63) is 30.1 Å². The predicted molar refractivity (Wildman–Crippen MR) is 88.0 cm³/mol. The quantitative estimate of drug-likeness (QED) is 0.794. The van der Waals surface area contributed by atoms with E-state index >= 15 is 0 Å². The number of nitriles is 1. The highest BCUT2D eigenvalue weighted by molar-refractivity contribution is 5.76. The van der Waals surface area contributed by atoms with E-state index in [1.54, 1.807) is 6.20 Å². The molecule has 2 aliphatic rings. The van der Waals surface area contributed by atoms with Crippen LogP contribution in [0.1, 0.15) is 50.1 Å². The molecule has 1 aliphatic heterocycles. The summed E-state index contributed by atoms with van der Waals surface area (Å²) < 4.78 is 11.0. The Morgan fingerprint density at radius 3 is 2.88 bits per heavy atom. The molecule has 3 rings (SSSR count). The van der Waals surface area contributed by atoms with Crippen LogP contribution in [0.4, 0.5) is 0 Å². The fourth-order valence-electron chi connectivity index (χ4n) is 4.40. The Morgan fingerprint density at radius 2 is 2.25 bits per heavy atom. The maximum atomic E-state index is 12.2. The molecule has 1 aromatic rings. The van der Waals surface area contributed by atoms with Crippen LogP contribution in [0.2, 0.25) is 0 Å². The third kappa shape index (κ3) is 3.29. The van der Waals surface area contributed by atoms with Gasteiger partial charge in [-0.15, -0.1) is 0 Å². The molecule has 0 amide bonds. The number of esters is 1. The van der Waals surface area contributed by atoms with E-state index in [2.05, 4.69) is 11.1 Å². The molecule has 0 bridgehead atoms. The van der Waals surface area contributed by atoms with Crippen LogP contribution in [0.25, 0.3) is 0 Å². The highest BCUT2D eigenvalue weighted by Crippen LogP contribution is 2.47. The van der Waals surface area contributed by atoms with Gasteiger partial charge < -0.3 is 9.47 Å². The number of carbonyl (C=O) groups is 1. The van der Waals surface area contributed by atoms with Crippen LogP contribution in [0.3, 0.4) is 0 Å². The lowest BCUT2D eigenvalue weighted by Crippen LogP contribution is -2.41. The Balaban J connectivity index is 1.92. The molecule has 1 saturated heterocycles. The summed E-state index contributed by atoms with van der Waals surface area (Å²) in [7, 11) is 1.34. The minimum Gasteiger partial charge on any atom is -0.468 e. The average molecular weight is 328 g/mol. The topological polar surface area (TPSA) is 72.2 Å². The predicted octanol–water partition coefficient (Wildman–Crippen LogP) is 3.22. The molecule has 0 aromatic carbocycles. The monoisotopic (exact) mass is 328 g/mol. The molecular formula is C19H24N2O3. The van der Waals surface area contributed by atoms with Gasteiger partial charge in [0.05, 0.1) is 18.8 Å². The van der Waals surface area contributed by atoms with E-state index in [9.17, 15) is 10.1 Å². The molecule has 2 fully saturated rings. The van der Waals surface area contributed by atoms with Crippen molar-refractivity contribution in [2.24, 2.45) is 11.8 Å². The van der Waals surface area contributed by atoms with E-state index in [1.807, 2.05) is 18.2 Å². The van der Waals surface area contributed by atoms with E-state index in [0.717, 1.165) is 31.4 Å². The fraction of sp³-hybridized carbons (Fsp3) is 0.632. The van der Waals surface area contributed by atoms with Gasteiger partial charge in [0.2, 0.25) is 0 Å². The minimum absolute atomic E-state index is 0.0634. The normalized spacial score (nSPS) is 24.9. The second-order valence-electron chi connectivity index (χ2n) is 6.90. The van der Waals surface area contributed by atoms with Crippen molar-refractivity contribution in [1.82, 2.24) is 4.98 Å². The maximum Gasteiger partial charge on any atom is 0.323 e. The molecule has 128 valence electrons. The summed E-state index contributed by atoms with van der Waals surface area (Å²) in [5.41, 5.74) is 0.737. The number of carbonyl (C=O) groups excluding carboxylic acids is 1. The molecule has 2 heterocycles. The molecule has 3 unspecified atom stereocenters. The van der Waals surface area contributed by atoms with Gasteiger partial charge in [-0.25, -0.2) is 0 Å². The summed E-state index contributed by atoms with van der Waals surface area (Å²) in [6.07, 6.45) is 8.00. The Kier molecular flexibility index (Phi) is 5.15. The summed E-state index contributed by atoms with van der Waals surface area (Å²) in [5.74, 6) is -1.34. The van der Waals surface area contributed by atoms with Crippen LogP contribution in [-0.2, 0) is 14.3 Å². The highest BCUT2D eigenvalue weighted by atomic mass is 16.5. The van der Waals surface area contributed by atoms with Gasteiger partial charge in [0.25, 0.3) is 0 Å². The lowest BCUT2D eigenvalue weighted by Gasteiger charge is -2.41. The van der Waals surface area contributed by atoms with E-state index in [-0.39, 0.29) is 17.4 Å². The van der Waals surface area contributed by atoms with Crippen molar-refractivity contribution >= 4 is 5.97 Å². The number of ether oxygens (including phenoxy) is 2. The fourth-order valence-corrected chi connectivity index (χ4v) is 4.40. The lowest BCUT2D eigenvalue weighted by atomic mass is 9.71. The summed E-state index contributed by atoms with van der Waals surface area (Å²) in [5, 5.41) is 9.64. The third-order valence-electron chi connectivity index (χ3n) is 5.54. The number of methoxy groups -OCH3 is 1. The van der Waals surface area contributed by atoms with Crippen molar-refractivity contribution in [2.45, 2.75) is 50.0 Å². The summed E-state index contributed by atoms with van der Waals surface area (Å²) in [4.78, 5) is 16.7. The van der Waals surface area contributed by atoms with Crippen LogP contribution < -0.4 is 0 Å². The highest BCUT2D eigenvalue weighted by Gasteiger charge is 2.46. The van der Waals surface area contributed by atoms with E-state index in [1.165, 1.54) is 20.0 Å². The molecule has 1 aromatic heterocycles. The average Bonchev–Trinajstić information content (AvgIpc) is 3.07. The van der Waals surface area contributed by atoms with Crippen LogP contribution in [0, 0.1) is 23.2 Å². The molecule has 0 radical (unpaired) electrons. The van der Waals surface area contributed by atoms with Crippen molar-refractivity contribution in [2.75, 3.05) is 13.7 Å². The molecule has 5 heteroatoms. The summed E-state index contributed by atoms with van der Waals surface area (Å²) in [6.45, 7) is 0.688. The van der Waals surface area contributed by atoms with Gasteiger partial charge in [-0.05, 0) is 43.7 Å². The Bertz CT molecular complexity index is 605. The SMILES string of the molecule is COC(=O)C(C#N)C(c1ccccn1)C1CCOC2(CCCC2)C1. The van der Waals surface area contributed by atoms with Gasteiger partial charge in [-0.2, -0.15) is 5.26 Å². The second-order valence-corrected chi connectivity index (χ2v) is 6.90. The first-order chi connectivity index (χ1) is 11.7. The van der Waals surface area contributed by atoms with Gasteiger partial charge in [0.15, 0.2) is 5.92 Å². The second kappa shape index (κ2) is 7.31. The zero-order chi connectivity index (χ0) is 17.0. The molecule has 1 spiro atoms. The molecule has 3 atom stereocenters. The van der Waals surface area contributed by atoms with Crippen molar-refractivity contribution in [3.63, 3.8) is 0 Å². The van der Waals surface area contributed by atoms with Gasteiger partial charge in [0.1, 0.15) is 0 Å². The Morgan fingerprint density at radius 1 is 1.46 bits per heavy atom. The van der Waals surface area contributed by atoms with E-state index < -0.39 is 11.9 Å². The first kappa shape index (κ1) is 16.9. The molecule has 1 aliphatic carbocycles. The summed E-state index contributed by atoms with van der Waals surface area (Å²) in [6, 6.07) is 7.84. The standard InChI is InChI=1S/C19H24N2O3/c1-23-18(22)15(13-20)17(16-6-2-5-10-21-16)14-7-11-24-19(12-14)8-3-4-9-19/h2,5-6,10,14-15,17H,3-4,7-9,11-12H2,1H3. The lowest BCUT2D eigenvalue weighted by molar-refractivity contribution is -0.146. The molecular weight excluding hydrogens is 304 g/mol. The van der Waals surface area contributed by atoms with E-state index in [4.69, 9.17) is 9.47 Å². The van der Waals surface area contributed by atoms with Gasteiger partial charge >= 0.3 is 5.97 Å². The smallest absolute Gasteiger partial charge is 0.323 e. The first-order valence-corrected chi connectivity index (χ1v) is 8.71. The van der Waals surface area contributed by atoms with Crippen LogP contribution in [-0.4, -0.2) is 30.3 Å². The largest absolute Gasteiger partial charge is 0.468 e. The van der Waals surface area contributed by atoms with Gasteiger partial charge in [-0.1, -0.05) is 18.9 Å². The zero-order valence-electron chi connectivity index (χ0n) is 14.1. The maximum absolute atomic E-state index is 12.2. The first-order valence-electron chi connectivity index (χ1n) is 8.71. The van der Waals surface area contributed by atoms with Gasteiger partial charge in [-0.3, -0.25) is 9.78 Å². The van der Waals surface area contributed by atoms with Crippen molar-refractivity contribution in [1.29, 1.82) is 5.26 Å². The number of nitrogens with zero attached hydrogens (tertiary/aromatic N) is 2.